The van der Waals surface area contributed by atoms with E-state index in [4.69, 9.17) is 34.8 Å². The van der Waals surface area contributed by atoms with Gasteiger partial charge in [0.25, 0.3) is 0 Å². The Morgan fingerprint density at radius 2 is 1.77 bits per heavy atom. The summed E-state index contributed by atoms with van der Waals surface area (Å²) in [4.78, 5) is 3.32. The summed E-state index contributed by atoms with van der Waals surface area (Å²) in [5.41, 5.74) is 6.53. The van der Waals surface area contributed by atoms with Gasteiger partial charge in [-0.15, -0.1) is 0 Å². The Balaban J connectivity index is 1.90. The fraction of sp³-hybridized carbons (Fsp3) is 0.0625. The molecule has 0 saturated carbocycles. The molecule has 0 aliphatic heterocycles. The molecule has 0 atom stereocenters. The lowest BCUT2D eigenvalue weighted by atomic mass is 10.1. The second-order valence-electron chi connectivity index (χ2n) is 4.82. The van der Waals surface area contributed by atoms with Crippen LogP contribution in [0.3, 0.4) is 0 Å². The summed E-state index contributed by atoms with van der Waals surface area (Å²) < 4.78 is 0. The molecule has 2 N–H and O–H groups in total. The molecule has 0 bridgehead atoms. The topological polar surface area (TPSA) is 40.2 Å². The first kappa shape index (κ1) is 15.2. The van der Waals surface area contributed by atoms with Gasteiger partial charge in [0.15, 0.2) is 0 Å². The second-order valence-corrected chi connectivity index (χ2v) is 6.07. The summed E-state index contributed by atoms with van der Waals surface area (Å²) in [5, 5.41) is 6.68. The van der Waals surface area contributed by atoms with Crippen LogP contribution in [0.5, 0.6) is 0 Å². The minimum atomic E-state index is 0.422. The highest BCUT2D eigenvalue weighted by Gasteiger charge is 2.08. The number of hydrogen-bond donors (Lipinski definition) is 2. The lowest BCUT2D eigenvalue weighted by Crippen LogP contribution is -1.93. The van der Waals surface area contributed by atoms with Crippen molar-refractivity contribution in [2.45, 2.75) is 6.92 Å². The van der Waals surface area contributed by atoms with Crippen LogP contribution in [-0.2, 0) is 0 Å². The minimum absolute atomic E-state index is 0.422. The van der Waals surface area contributed by atoms with Crippen LogP contribution in [0.2, 0.25) is 15.1 Å². The number of halogens is 3. The molecule has 0 amide bonds. The van der Waals surface area contributed by atoms with Crippen molar-refractivity contribution in [3.63, 3.8) is 0 Å². The monoisotopic (exact) mass is 351 g/mol. The molecule has 0 fully saturated rings. The molecule has 3 rings (SSSR count). The third-order valence-corrected chi connectivity index (χ3v) is 4.13. The van der Waals surface area contributed by atoms with E-state index in [2.05, 4.69) is 15.5 Å². The number of aromatic amines is 1. The van der Waals surface area contributed by atoms with Crippen molar-refractivity contribution in [2.24, 2.45) is 5.10 Å². The Labute approximate surface area is 142 Å². The SMILES string of the molecule is Cc1[nH]c2ccccc2c1/C=N/Nc1c(Cl)cc(Cl)cc1Cl. The van der Waals surface area contributed by atoms with Crippen LogP contribution < -0.4 is 5.43 Å². The van der Waals surface area contributed by atoms with Crippen LogP contribution in [0.1, 0.15) is 11.3 Å². The summed E-state index contributed by atoms with van der Waals surface area (Å²) in [6.07, 6.45) is 1.75. The smallest absolute Gasteiger partial charge is 0.0935 e. The van der Waals surface area contributed by atoms with Gasteiger partial charge >= 0.3 is 0 Å². The third-order valence-electron chi connectivity index (χ3n) is 3.32. The van der Waals surface area contributed by atoms with Crippen LogP contribution in [0.15, 0.2) is 41.5 Å². The highest BCUT2D eigenvalue weighted by atomic mass is 35.5. The van der Waals surface area contributed by atoms with E-state index in [0.717, 1.165) is 22.2 Å². The zero-order valence-corrected chi connectivity index (χ0v) is 13.9. The molecule has 0 spiro atoms. The Kier molecular flexibility index (Phi) is 4.30. The van der Waals surface area contributed by atoms with Crippen molar-refractivity contribution in [1.29, 1.82) is 0 Å². The largest absolute Gasteiger partial charge is 0.358 e. The van der Waals surface area contributed by atoms with Crippen molar-refractivity contribution in [3.8, 4) is 0 Å². The maximum atomic E-state index is 6.11. The average Bonchev–Trinajstić information content (AvgIpc) is 2.77. The molecule has 3 aromatic rings. The maximum absolute atomic E-state index is 6.11. The van der Waals surface area contributed by atoms with E-state index in [-0.39, 0.29) is 0 Å². The number of rotatable bonds is 3. The number of benzene rings is 2. The van der Waals surface area contributed by atoms with E-state index in [0.29, 0.717) is 20.8 Å². The summed E-state index contributed by atoms with van der Waals surface area (Å²) in [7, 11) is 0. The molecule has 0 saturated heterocycles. The normalized spacial score (nSPS) is 11.5. The molecular weight excluding hydrogens is 341 g/mol. The summed E-state index contributed by atoms with van der Waals surface area (Å²) in [6.45, 7) is 2.00. The molecule has 3 nitrogen and oxygen atoms in total. The molecule has 112 valence electrons. The predicted molar refractivity (Wildman–Crippen MR) is 95.7 cm³/mol. The fourth-order valence-corrected chi connectivity index (χ4v) is 3.18. The minimum Gasteiger partial charge on any atom is -0.358 e. The zero-order chi connectivity index (χ0) is 15.7. The number of fused-ring (bicyclic) bond motifs is 1. The van der Waals surface area contributed by atoms with Crippen molar-refractivity contribution in [2.75, 3.05) is 5.43 Å². The van der Waals surface area contributed by atoms with Crippen LogP contribution >= 0.6 is 34.8 Å². The third kappa shape index (κ3) is 2.93. The lowest BCUT2D eigenvalue weighted by molar-refractivity contribution is 1.28. The van der Waals surface area contributed by atoms with Crippen molar-refractivity contribution >= 4 is 57.6 Å². The molecule has 22 heavy (non-hydrogen) atoms. The van der Waals surface area contributed by atoms with Gasteiger partial charge < -0.3 is 4.98 Å². The first-order valence-corrected chi connectivity index (χ1v) is 7.70. The van der Waals surface area contributed by atoms with Crippen LogP contribution in [0.25, 0.3) is 10.9 Å². The Hall–Kier alpha value is -1.68. The highest BCUT2D eigenvalue weighted by molar-refractivity contribution is 6.41. The first-order valence-electron chi connectivity index (χ1n) is 6.57. The van der Waals surface area contributed by atoms with Gasteiger partial charge in [0.1, 0.15) is 0 Å². The van der Waals surface area contributed by atoms with E-state index in [9.17, 15) is 0 Å². The molecule has 1 heterocycles. The quantitative estimate of drug-likeness (QED) is 0.448. The van der Waals surface area contributed by atoms with E-state index >= 15 is 0 Å². The Morgan fingerprint density at radius 3 is 2.50 bits per heavy atom. The predicted octanol–water partition coefficient (Wildman–Crippen LogP) is 5.88. The zero-order valence-electron chi connectivity index (χ0n) is 11.6. The number of anilines is 1. The van der Waals surface area contributed by atoms with Crippen molar-refractivity contribution in [1.82, 2.24) is 4.98 Å². The lowest BCUT2D eigenvalue weighted by Gasteiger charge is -2.06. The van der Waals surface area contributed by atoms with Gasteiger partial charge in [-0.1, -0.05) is 53.0 Å². The number of para-hydroxylation sites is 1. The number of hydrazone groups is 1. The van der Waals surface area contributed by atoms with Gasteiger partial charge in [-0.3, -0.25) is 5.43 Å². The van der Waals surface area contributed by atoms with E-state index in [1.54, 1.807) is 18.3 Å². The van der Waals surface area contributed by atoms with Gasteiger partial charge in [-0.2, -0.15) is 5.10 Å². The number of aryl methyl sites for hydroxylation is 1. The number of hydrogen-bond acceptors (Lipinski definition) is 2. The Morgan fingerprint density at radius 1 is 1.09 bits per heavy atom. The van der Waals surface area contributed by atoms with Crippen LogP contribution in [-0.4, -0.2) is 11.2 Å². The van der Waals surface area contributed by atoms with Gasteiger partial charge in [-0.25, -0.2) is 0 Å². The molecule has 0 unspecified atom stereocenters. The first-order chi connectivity index (χ1) is 10.6. The van der Waals surface area contributed by atoms with Gasteiger partial charge in [0.05, 0.1) is 21.9 Å². The number of aromatic nitrogens is 1. The fourth-order valence-electron chi connectivity index (χ4n) is 2.28. The number of H-pyrrole nitrogens is 1. The molecule has 0 aliphatic carbocycles. The maximum Gasteiger partial charge on any atom is 0.0935 e. The van der Waals surface area contributed by atoms with Gasteiger partial charge in [0.2, 0.25) is 0 Å². The van der Waals surface area contributed by atoms with E-state index in [1.165, 1.54) is 0 Å². The van der Waals surface area contributed by atoms with Crippen LogP contribution in [0.4, 0.5) is 5.69 Å². The van der Waals surface area contributed by atoms with Crippen molar-refractivity contribution in [3.05, 3.63) is 62.7 Å². The van der Waals surface area contributed by atoms with Crippen LogP contribution in [0, 0.1) is 6.92 Å². The molecule has 1 aromatic heterocycles. The van der Waals surface area contributed by atoms with Crippen molar-refractivity contribution < 1.29 is 0 Å². The summed E-state index contributed by atoms with van der Waals surface area (Å²) >= 11 is 18.1. The number of nitrogens with zero attached hydrogens (tertiary/aromatic N) is 1. The van der Waals surface area contributed by atoms with Gasteiger partial charge in [0, 0.05) is 27.2 Å². The molecule has 6 heteroatoms. The van der Waals surface area contributed by atoms with E-state index in [1.807, 2.05) is 31.2 Å². The molecule has 0 radical (unpaired) electrons. The standard InChI is InChI=1S/C16H12Cl3N3/c1-9-12(11-4-2-3-5-15(11)21-9)8-20-22-16-13(18)6-10(17)7-14(16)19/h2-8,21-22H,1H3/b20-8+. The molecular formula is C16H12Cl3N3. The highest BCUT2D eigenvalue weighted by Crippen LogP contribution is 2.33. The molecule has 2 aromatic carbocycles. The molecule has 0 aliphatic rings. The summed E-state index contributed by atoms with van der Waals surface area (Å²) in [6, 6.07) is 11.3. The Bertz CT molecular complexity index is 845. The average molecular weight is 353 g/mol. The second kappa shape index (κ2) is 6.21. The van der Waals surface area contributed by atoms with E-state index < -0.39 is 0 Å². The summed E-state index contributed by atoms with van der Waals surface area (Å²) in [5.74, 6) is 0. The number of nitrogens with one attached hydrogen (secondary N) is 2. The van der Waals surface area contributed by atoms with Gasteiger partial charge in [-0.05, 0) is 25.1 Å².